The van der Waals surface area contributed by atoms with Crippen LogP contribution in [0, 0.1) is 6.92 Å². The minimum Gasteiger partial charge on any atom is -0.316 e. The van der Waals surface area contributed by atoms with E-state index in [9.17, 15) is 8.42 Å². The van der Waals surface area contributed by atoms with E-state index in [4.69, 9.17) is 0 Å². The van der Waals surface area contributed by atoms with Gasteiger partial charge in [0.25, 0.3) is 10.0 Å². The Kier molecular flexibility index (Phi) is 5.11. The normalized spacial score (nSPS) is 11.7. The Morgan fingerprint density at radius 1 is 1.33 bits per heavy atom. The van der Waals surface area contributed by atoms with Crippen molar-refractivity contribution in [3.05, 3.63) is 47.2 Å². The Morgan fingerprint density at radius 3 is 2.86 bits per heavy atom. The number of aromatic nitrogens is 2. The number of nitrogens with zero attached hydrogens (tertiary/aromatic N) is 1. The second-order valence-electron chi connectivity index (χ2n) is 4.89. The second-order valence-corrected chi connectivity index (χ2v) is 6.60. The van der Waals surface area contributed by atoms with E-state index >= 15 is 0 Å². The van der Waals surface area contributed by atoms with Crippen molar-refractivity contribution in [2.45, 2.75) is 24.9 Å². The van der Waals surface area contributed by atoms with Crippen molar-refractivity contribution in [3.63, 3.8) is 0 Å². The zero-order chi connectivity index (χ0) is 15.3. The number of hydrogen-bond acceptors (Lipinski definition) is 4. The fourth-order valence-corrected chi connectivity index (χ4v) is 3.28. The molecule has 7 heteroatoms. The standard InChI is InChI=1S/C14H20N4O2S/c1-11-4-3-5-12(8-11)6-7-17-21(19,20)14-13(9-15-2)10-16-18-14/h3-5,8,10,15,17H,6-7,9H2,1-2H3,(H,16,18). The maximum Gasteiger partial charge on any atom is 0.257 e. The highest BCUT2D eigenvalue weighted by Gasteiger charge is 2.19. The molecular weight excluding hydrogens is 288 g/mol. The molecule has 0 unspecified atom stereocenters. The van der Waals surface area contributed by atoms with E-state index in [0.717, 1.165) is 5.56 Å². The summed E-state index contributed by atoms with van der Waals surface area (Å²) in [4.78, 5) is 0. The molecule has 0 spiro atoms. The van der Waals surface area contributed by atoms with Crippen molar-refractivity contribution in [2.75, 3.05) is 13.6 Å². The molecule has 1 aromatic carbocycles. The van der Waals surface area contributed by atoms with Crippen molar-refractivity contribution in [2.24, 2.45) is 0 Å². The lowest BCUT2D eigenvalue weighted by molar-refractivity contribution is 0.575. The highest BCUT2D eigenvalue weighted by Crippen LogP contribution is 2.11. The fourth-order valence-electron chi connectivity index (χ4n) is 2.12. The van der Waals surface area contributed by atoms with Gasteiger partial charge in [-0.2, -0.15) is 5.10 Å². The van der Waals surface area contributed by atoms with E-state index in [1.807, 2.05) is 25.1 Å². The summed E-state index contributed by atoms with van der Waals surface area (Å²) in [5.41, 5.74) is 2.90. The summed E-state index contributed by atoms with van der Waals surface area (Å²) in [6.07, 6.45) is 2.17. The Morgan fingerprint density at radius 2 is 2.14 bits per heavy atom. The van der Waals surface area contributed by atoms with E-state index in [-0.39, 0.29) is 5.03 Å². The zero-order valence-corrected chi connectivity index (χ0v) is 13.0. The van der Waals surface area contributed by atoms with Gasteiger partial charge in [-0.15, -0.1) is 0 Å². The van der Waals surface area contributed by atoms with Gasteiger partial charge in [0.2, 0.25) is 0 Å². The molecular formula is C14H20N4O2S. The van der Waals surface area contributed by atoms with Crippen LogP contribution in [0.5, 0.6) is 0 Å². The smallest absolute Gasteiger partial charge is 0.257 e. The van der Waals surface area contributed by atoms with E-state index < -0.39 is 10.0 Å². The monoisotopic (exact) mass is 308 g/mol. The molecule has 0 amide bonds. The molecule has 0 aliphatic carbocycles. The average Bonchev–Trinajstić information content (AvgIpc) is 2.88. The molecule has 1 heterocycles. The summed E-state index contributed by atoms with van der Waals surface area (Å²) in [6.45, 7) is 2.82. The molecule has 6 nitrogen and oxygen atoms in total. The predicted molar refractivity (Wildman–Crippen MR) is 81.4 cm³/mol. The topological polar surface area (TPSA) is 86.9 Å². The van der Waals surface area contributed by atoms with E-state index in [1.54, 1.807) is 7.05 Å². The van der Waals surface area contributed by atoms with Crippen LogP contribution < -0.4 is 10.0 Å². The lowest BCUT2D eigenvalue weighted by atomic mass is 10.1. The maximum absolute atomic E-state index is 12.2. The van der Waals surface area contributed by atoms with Crippen molar-refractivity contribution >= 4 is 10.0 Å². The molecule has 0 fully saturated rings. The molecule has 0 aliphatic heterocycles. The van der Waals surface area contributed by atoms with Gasteiger partial charge >= 0.3 is 0 Å². The fraction of sp³-hybridized carbons (Fsp3) is 0.357. The van der Waals surface area contributed by atoms with Gasteiger partial charge in [-0.1, -0.05) is 29.8 Å². The zero-order valence-electron chi connectivity index (χ0n) is 12.2. The lowest BCUT2D eigenvalue weighted by Gasteiger charge is -2.07. The molecule has 0 saturated heterocycles. The van der Waals surface area contributed by atoms with Crippen LogP contribution in [-0.2, 0) is 23.0 Å². The molecule has 0 bridgehead atoms. The van der Waals surface area contributed by atoms with Crippen LogP contribution in [0.2, 0.25) is 0 Å². The molecule has 2 rings (SSSR count). The third-order valence-electron chi connectivity index (χ3n) is 3.10. The number of benzene rings is 1. The van der Waals surface area contributed by atoms with Crippen LogP contribution in [0.1, 0.15) is 16.7 Å². The van der Waals surface area contributed by atoms with Gasteiger partial charge in [-0.25, -0.2) is 13.1 Å². The second kappa shape index (κ2) is 6.84. The number of rotatable bonds is 7. The van der Waals surface area contributed by atoms with E-state index in [0.29, 0.717) is 25.1 Å². The third-order valence-corrected chi connectivity index (χ3v) is 4.58. The van der Waals surface area contributed by atoms with Gasteiger partial charge < -0.3 is 5.32 Å². The minimum atomic E-state index is -3.56. The van der Waals surface area contributed by atoms with Crippen LogP contribution in [-0.4, -0.2) is 32.2 Å². The Bertz CT molecular complexity index is 695. The molecule has 3 N–H and O–H groups in total. The van der Waals surface area contributed by atoms with Crippen LogP contribution in [0.3, 0.4) is 0 Å². The average molecular weight is 308 g/mol. The molecule has 114 valence electrons. The molecule has 1 aromatic heterocycles. The minimum absolute atomic E-state index is 0.126. The molecule has 21 heavy (non-hydrogen) atoms. The number of hydrogen-bond donors (Lipinski definition) is 3. The van der Waals surface area contributed by atoms with Crippen molar-refractivity contribution in [1.82, 2.24) is 20.2 Å². The van der Waals surface area contributed by atoms with E-state index in [1.165, 1.54) is 11.8 Å². The molecule has 0 radical (unpaired) electrons. The molecule has 0 aliphatic rings. The number of H-pyrrole nitrogens is 1. The first-order valence-corrected chi connectivity index (χ1v) is 8.23. The highest BCUT2D eigenvalue weighted by molar-refractivity contribution is 7.89. The van der Waals surface area contributed by atoms with Crippen molar-refractivity contribution in [1.29, 1.82) is 0 Å². The number of nitrogens with one attached hydrogen (secondary N) is 3. The number of aromatic amines is 1. The van der Waals surface area contributed by atoms with Gasteiger partial charge in [-0.3, -0.25) is 5.10 Å². The van der Waals surface area contributed by atoms with Crippen molar-refractivity contribution in [3.8, 4) is 0 Å². The van der Waals surface area contributed by atoms with Gasteiger partial charge in [0, 0.05) is 18.7 Å². The van der Waals surface area contributed by atoms with Crippen LogP contribution in [0.4, 0.5) is 0 Å². The third kappa shape index (κ3) is 4.13. The number of aryl methyl sites for hydroxylation is 1. The van der Waals surface area contributed by atoms with Gasteiger partial charge in [-0.05, 0) is 26.0 Å². The Balaban J connectivity index is 2.00. The molecule has 2 aromatic rings. The first-order chi connectivity index (χ1) is 10.0. The van der Waals surface area contributed by atoms with Crippen LogP contribution >= 0.6 is 0 Å². The number of sulfonamides is 1. The maximum atomic E-state index is 12.2. The Labute approximate surface area is 125 Å². The molecule has 0 atom stereocenters. The Hall–Kier alpha value is -1.70. The summed E-state index contributed by atoms with van der Waals surface area (Å²) in [5, 5.41) is 9.39. The van der Waals surface area contributed by atoms with E-state index in [2.05, 4.69) is 26.3 Å². The first-order valence-electron chi connectivity index (χ1n) is 6.75. The summed E-state index contributed by atoms with van der Waals surface area (Å²) in [6, 6.07) is 8.03. The lowest BCUT2D eigenvalue weighted by Crippen LogP contribution is -2.27. The summed E-state index contributed by atoms with van der Waals surface area (Å²) < 4.78 is 27.1. The highest BCUT2D eigenvalue weighted by atomic mass is 32.2. The summed E-state index contributed by atoms with van der Waals surface area (Å²) in [7, 11) is -1.80. The largest absolute Gasteiger partial charge is 0.316 e. The SMILES string of the molecule is CNCc1cn[nH]c1S(=O)(=O)NCCc1cccc(C)c1. The van der Waals surface area contributed by atoms with Gasteiger partial charge in [0.15, 0.2) is 5.03 Å². The van der Waals surface area contributed by atoms with Crippen molar-refractivity contribution < 1.29 is 8.42 Å². The molecule has 0 saturated carbocycles. The summed E-state index contributed by atoms with van der Waals surface area (Å²) >= 11 is 0. The quantitative estimate of drug-likeness (QED) is 0.711. The van der Waals surface area contributed by atoms with Crippen LogP contribution in [0.15, 0.2) is 35.5 Å². The van der Waals surface area contributed by atoms with Gasteiger partial charge in [0.05, 0.1) is 6.20 Å². The van der Waals surface area contributed by atoms with Gasteiger partial charge in [0.1, 0.15) is 0 Å². The van der Waals surface area contributed by atoms with Crippen LogP contribution in [0.25, 0.3) is 0 Å². The predicted octanol–water partition coefficient (Wildman–Crippen LogP) is 0.959. The summed E-state index contributed by atoms with van der Waals surface area (Å²) in [5.74, 6) is 0. The first kappa shape index (κ1) is 15.7.